The number of carboxylic acids is 2. The van der Waals surface area contributed by atoms with Gasteiger partial charge >= 0.3 is 11.9 Å². The lowest BCUT2D eigenvalue weighted by Gasteiger charge is -2.08. The Morgan fingerprint density at radius 2 is 1.32 bits per heavy atom. The Morgan fingerprint density at radius 3 is 1.91 bits per heavy atom. The summed E-state index contributed by atoms with van der Waals surface area (Å²) < 4.78 is 16.1. The van der Waals surface area contributed by atoms with Crippen LogP contribution in [0.2, 0.25) is 5.02 Å². The summed E-state index contributed by atoms with van der Waals surface area (Å²) in [4.78, 5) is 22.4. The van der Waals surface area contributed by atoms with Gasteiger partial charge in [-0.1, -0.05) is 78.4 Å². The Labute approximate surface area is 265 Å². The zero-order chi connectivity index (χ0) is 31.3. The number of aliphatic carboxylic acids is 2. The maximum atomic E-state index is 10.7. The van der Waals surface area contributed by atoms with Gasteiger partial charge in [-0.05, 0) is 71.1 Å². The first-order valence-corrected chi connectivity index (χ1v) is 15.0. The standard InChI is InChI=1S/C35H31ClO7S/c1-24-20-30(15-17-32(24)43-23-35(39)40)44-19-3-5-26-8-12-28(13-9-26)27-10-6-25(7-11-27)4-2-18-41-33-16-14-29(21-31(33)36)42-22-34(37)38/h2-17,20-21H,18-19,22-23H2,1H3,(H,37,38)(H,39,40)/b4-2-,5-3+. The van der Waals surface area contributed by atoms with E-state index in [0.717, 1.165) is 38.5 Å². The molecule has 0 aliphatic rings. The molecule has 0 amide bonds. The highest BCUT2D eigenvalue weighted by molar-refractivity contribution is 7.99. The predicted molar refractivity (Wildman–Crippen MR) is 175 cm³/mol. The summed E-state index contributed by atoms with van der Waals surface area (Å²) >= 11 is 7.91. The number of carboxylic acid groups (broad SMARTS) is 2. The average Bonchev–Trinajstić information content (AvgIpc) is 3.01. The number of carbonyl (C=O) groups is 2. The molecule has 0 heterocycles. The second kappa shape index (κ2) is 16.3. The van der Waals surface area contributed by atoms with E-state index in [1.165, 1.54) is 6.07 Å². The summed E-state index contributed by atoms with van der Waals surface area (Å²) in [5.41, 5.74) is 5.31. The predicted octanol–water partition coefficient (Wildman–Crippen LogP) is 8.14. The van der Waals surface area contributed by atoms with Crippen molar-refractivity contribution in [3.8, 4) is 28.4 Å². The fourth-order valence-electron chi connectivity index (χ4n) is 4.07. The van der Waals surface area contributed by atoms with E-state index in [9.17, 15) is 9.59 Å². The van der Waals surface area contributed by atoms with Crippen LogP contribution < -0.4 is 14.2 Å². The number of benzene rings is 4. The van der Waals surface area contributed by atoms with Crippen molar-refractivity contribution in [3.63, 3.8) is 0 Å². The Bertz CT molecular complexity index is 1630. The van der Waals surface area contributed by atoms with Crippen molar-refractivity contribution in [2.24, 2.45) is 0 Å². The van der Waals surface area contributed by atoms with Gasteiger partial charge < -0.3 is 24.4 Å². The molecule has 0 unspecified atom stereocenters. The molecule has 0 fully saturated rings. The van der Waals surface area contributed by atoms with Gasteiger partial charge in [-0.15, -0.1) is 11.8 Å². The molecule has 0 saturated carbocycles. The van der Waals surface area contributed by atoms with E-state index in [0.29, 0.717) is 28.9 Å². The average molecular weight is 631 g/mol. The molecule has 4 rings (SSSR count). The van der Waals surface area contributed by atoms with Gasteiger partial charge in [0.1, 0.15) is 23.9 Å². The van der Waals surface area contributed by atoms with Crippen LogP contribution in [0.25, 0.3) is 23.3 Å². The fraction of sp³-hybridized carbons (Fsp3) is 0.143. The fourth-order valence-corrected chi connectivity index (χ4v) is 5.10. The summed E-state index contributed by atoms with van der Waals surface area (Å²) in [6, 6.07) is 27.2. The molecule has 2 N–H and O–H groups in total. The summed E-state index contributed by atoms with van der Waals surface area (Å²) in [5, 5.41) is 17.8. The third kappa shape index (κ3) is 10.3. The second-order valence-corrected chi connectivity index (χ2v) is 11.1. The van der Waals surface area contributed by atoms with Crippen LogP contribution in [0.5, 0.6) is 17.2 Å². The minimum atomic E-state index is -1.06. The van der Waals surface area contributed by atoms with Gasteiger partial charge in [0, 0.05) is 16.7 Å². The van der Waals surface area contributed by atoms with E-state index in [1.807, 2.05) is 49.4 Å². The number of halogens is 1. The van der Waals surface area contributed by atoms with Gasteiger partial charge in [0.05, 0.1) is 5.02 Å². The molecule has 7 nitrogen and oxygen atoms in total. The Morgan fingerprint density at radius 1 is 0.727 bits per heavy atom. The zero-order valence-corrected chi connectivity index (χ0v) is 25.5. The second-order valence-electron chi connectivity index (χ2n) is 9.56. The Kier molecular flexibility index (Phi) is 11.9. The van der Waals surface area contributed by atoms with E-state index < -0.39 is 18.5 Å². The molecular formula is C35H31ClO7S. The van der Waals surface area contributed by atoms with Crippen LogP contribution >= 0.6 is 23.4 Å². The summed E-state index contributed by atoms with van der Waals surface area (Å²) in [5.74, 6) is 0.188. The van der Waals surface area contributed by atoms with E-state index in [4.69, 9.17) is 36.0 Å². The number of aryl methyl sites for hydroxylation is 1. The van der Waals surface area contributed by atoms with E-state index in [1.54, 1.807) is 23.9 Å². The molecule has 4 aromatic rings. The number of ether oxygens (including phenoxy) is 3. The van der Waals surface area contributed by atoms with Crippen LogP contribution in [0.1, 0.15) is 16.7 Å². The first-order chi connectivity index (χ1) is 21.3. The highest BCUT2D eigenvalue weighted by atomic mass is 35.5. The largest absolute Gasteiger partial charge is 0.488 e. The molecule has 44 heavy (non-hydrogen) atoms. The van der Waals surface area contributed by atoms with Crippen LogP contribution in [0.3, 0.4) is 0 Å². The summed E-state index contributed by atoms with van der Waals surface area (Å²) in [6.45, 7) is 1.44. The van der Waals surface area contributed by atoms with Gasteiger partial charge in [0.2, 0.25) is 0 Å². The molecule has 0 radical (unpaired) electrons. The van der Waals surface area contributed by atoms with Crippen molar-refractivity contribution < 1.29 is 34.0 Å². The zero-order valence-electron chi connectivity index (χ0n) is 23.9. The van der Waals surface area contributed by atoms with Crippen LogP contribution in [0.15, 0.2) is 102 Å². The lowest BCUT2D eigenvalue weighted by molar-refractivity contribution is -0.140. The van der Waals surface area contributed by atoms with Gasteiger partial charge in [-0.25, -0.2) is 9.59 Å². The van der Waals surface area contributed by atoms with Gasteiger partial charge in [-0.3, -0.25) is 0 Å². The highest BCUT2D eigenvalue weighted by Gasteiger charge is 2.06. The van der Waals surface area contributed by atoms with Crippen molar-refractivity contribution >= 4 is 47.5 Å². The minimum absolute atomic E-state index is 0.319. The summed E-state index contributed by atoms with van der Waals surface area (Å²) in [7, 11) is 0. The molecular weight excluding hydrogens is 600 g/mol. The minimum Gasteiger partial charge on any atom is -0.488 e. The van der Waals surface area contributed by atoms with Crippen molar-refractivity contribution in [3.05, 3.63) is 119 Å². The maximum absolute atomic E-state index is 10.7. The van der Waals surface area contributed by atoms with Gasteiger partial charge in [0.25, 0.3) is 0 Å². The molecule has 0 aromatic heterocycles. The molecule has 9 heteroatoms. The van der Waals surface area contributed by atoms with Crippen molar-refractivity contribution in [2.45, 2.75) is 11.8 Å². The van der Waals surface area contributed by atoms with E-state index >= 15 is 0 Å². The van der Waals surface area contributed by atoms with Crippen molar-refractivity contribution in [1.29, 1.82) is 0 Å². The molecule has 0 aliphatic heterocycles. The van der Waals surface area contributed by atoms with Gasteiger partial charge in [0.15, 0.2) is 13.2 Å². The first kappa shape index (κ1) is 32.3. The monoisotopic (exact) mass is 630 g/mol. The maximum Gasteiger partial charge on any atom is 0.341 e. The molecule has 4 aromatic carbocycles. The smallest absolute Gasteiger partial charge is 0.341 e. The molecule has 0 aliphatic carbocycles. The van der Waals surface area contributed by atoms with Gasteiger partial charge in [-0.2, -0.15) is 0 Å². The third-order valence-corrected chi connectivity index (χ3v) is 7.46. The SMILES string of the molecule is Cc1cc(SC/C=C/c2ccc(-c3ccc(/C=C\COc4ccc(OCC(=O)O)cc4Cl)cc3)cc2)ccc1OCC(=O)O. The molecule has 0 spiro atoms. The van der Waals surface area contributed by atoms with E-state index in [2.05, 4.69) is 48.6 Å². The van der Waals surface area contributed by atoms with Crippen LogP contribution in [0.4, 0.5) is 0 Å². The lowest BCUT2D eigenvalue weighted by Crippen LogP contribution is -2.09. The molecule has 0 atom stereocenters. The number of hydrogen-bond donors (Lipinski definition) is 2. The number of thioether (sulfide) groups is 1. The topological polar surface area (TPSA) is 102 Å². The van der Waals surface area contributed by atoms with Crippen molar-refractivity contribution in [2.75, 3.05) is 25.6 Å². The Hall–Kier alpha value is -4.66. The van der Waals surface area contributed by atoms with Crippen molar-refractivity contribution in [1.82, 2.24) is 0 Å². The molecule has 0 bridgehead atoms. The number of hydrogen-bond acceptors (Lipinski definition) is 6. The molecule has 0 saturated heterocycles. The number of rotatable bonds is 15. The highest BCUT2D eigenvalue weighted by Crippen LogP contribution is 2.29. The quantitative estimate of drug-likeness (QED) is 0.127. The lowest BCUT2D eigenvalue weighted by atomic mass is 10.0. The van der Waals surface area contributed by atoms with Crippen LogP contribution in [0, 0.1) is 6.92 Å². The third-order valence-electron chi connectivity index (χ3n) is 6.22. The molecule has 226 valence electrons. The van der Waals surface area contributed by atoms with Crippen LogP contribution in [-0.2, 0) is 9.59 Å². The first-order valence-electron chi connectivity index (χ1n) is 13.7. The Balaban J connectivity index is 1.22. The van der Waals surface area contributed by atoms with E-state index in [-0.39, 0.29) is 6.61 Å². The van der Waals surface area contributed by atoms with Crippen LogP contribution in [-0.4, -0.2) is 47.7 Å². The summed E-state index contributed by atoms with van der Waals surface area (Å²) in [6.07, 6.45) is 8.08. The normalized spacial score (nSPS) is 11.1.